The molecule has 3 nitrogen and oxygen atoms in total. The minimum absolute atomic E-state index is 0.0626. The summed E-state index contributed by atoms with van der Waals surface area (Å²) in [4.78, 5) is 2.90. The van der Waals surface area contributed by atoms with Gasteiger partial charge in [0.15, 0.2) is 0 Å². The number of piperidine rings is 1. The zero-order valence-electron chi connectivity index (χ0n) is 11.4. The van der Waals surface area contributed by atoms with Crippen molar-refractivity contribution in [2.24, 2.45) is 5.73 Å². The van der Waals surface area contributed by atoms with Crippen LogP contribution in [0.3, 0.4) is 0 Å². The monoisotopic (exact) mass is 278 g/mol. The molecule has 1 heterocycles. The number of nitrogens with two attached hydrogens (primary N) is 1. The highest BCUT2D eigenvalue weighted by molar-refractivity contribution is 7.80. The molecule has 0 spiro atoms. The first-order valence-electron chi connectivity index (χ1n) is 6.97. The minimum atomic E-state index is -0.0626. The van der Waals surface area contributed by atoms with Crippen molar-refractivity contribution in [3.63, 3.8) is 0 Å². The molecule has 1 saturated heterocycles. The summed E-state index contributed by atoms with van der Waals surface area (Å²) in [6.45, 7) is 3.23. The van der Waals surface area contributed by atoms with Crippen LogP contribution in [0.1, 0.15) is 44.2 Å². The number of phenolic OH excluding ortho intramolecular Hbond substituents is 1. The Balaban J connectivity index is 2.31. The normalized spacial score (nSPS) is 22.1. The first-order valence-corrected chi connectivity index (χ1v) is 7.38. The average Bonchev–Trinajstić information content (AvgIpc) is 2.39. The molecule has 4 heteroatoms. The van der Waals surface area contributed by atoms with E-state index in [0.717, 1.165) is 18.5 Å². The maximum atomic E-state index is 9.66. The van der Waals surface area contributed by atoms with Crippen LogP contribution in [0.2, 0.25) is 0 Å². The predicted octanol–water partition coefficient (Wildman–Crippen LogP) is 2.98. The molecule has 0 radical (unpaired) electrons. The minimum Gasteiger partial charge on any atom is -0.508 e. The van der Waals surface area contributed by atoms with Crippen LogP contribution in [0, 0.1) is 0 Å². The molecule has 0 amide bonds. The van der Waals surface area contributed by atoms with Gasteiger partial charge in [0.2, 0.25) is 0 Å². The maximum Gasteiger partial charge on any atom is 0.115 e. The Kier molecular flexibility index (Phi) is 4.77. The molecule has 1 aromatic carbocycles. The third kappa shape index (κ3) is 3.25. The van der Waals surface area contributed by atoms with Crippen molar-refractivity contribution in [1.29, 1.82) is 0 Å². The van der Waals surface area contributed by atoms with Crippen LogP contribution in [-0.4, -0.2) is 27.6 Å². The largest absolute Gasteiger partial charge is 0.508 e. The number of rotatable bonds is 4. The standard InChI is InChI=1S/C15H22N2OS/c1-2-12-7-3-4-9-17(12)14(15(16)19)11-6-5-8-13(18)10-11/h5-6,8,10,12,14,18H,2-4,7,9H2,1H3,(H2,16,19). The van der Waals surface area contributed by atoms with Crippen molar-refractivity contribution in [1.82, 2.24) is 4.90 Å². The highest BCUT2D eigenvalue weighted by Crippen LogP contribution is 2.31. The molecule has 1 fully saturated rings. The summed E-state index contributed by atoms with van der Waals surface area (Å²) in [5.41, 5.74) is 6.97. The Labute approximate surface area is 120 Å². The predicted molar refractivity (Wildman–Crippen MR) is 82.3 cm³/mol. The van der Waals surface area contributed by atoms with Gasteiger partial charge in [-0.15, -0.1) is 0 Å². The summed E-state index contributed by atoms with van der Waals surface area (Å²) >= 11 is 5.28. The summed E-state index contributed by atoms with van der Waals surface area (Å²) in [5, 5.41) is 9.66. The second kappa shape index (κ2) is 6.35. The van der Waals surface area contributed by atoms with Crippen LogP contribution in [0.4, 0.5) is 0 Å². The summed E-state index contributed by atoms with van der Waals surface area (Å²) in [7, 11) is 0. The van der Waals surface area contributed by atoms with Gasteiger partial charge >= 0.3 is 0 Å². The van der Waals surface area contributed by atoms with Gasteiger partial charge in [0, 0.05) is 6.04 Å². The van der Waals surface area contributed by atoms with Gasteiger partial charge < -0.3 is 10.8 Å². The Morgan fingerprint density at radius 1 is 1.53 bits per heavy atom. The fraction of sp³-hybridized carbons (Fsp3) is 0.533. The van der Waals surface area contributed by atoms with E-state index in [9.17, 15) is 5.11 Å². The molecule has 1 aliphatic heterocycles. The van der Waals surface area contributed by atoms with Crippen molar-refractivity contribution in [3.05, 3.63) is 29.8 Å². The number of hydrogen-bond donors (Lipinski definition) is 2. The molecular formula is C15H22N2OS. The van der Waals surface area contributed by atoms with Crippen molar-refractivity contribution in [3.8, 4) is 5.75 Å². The highest BCUT2D eigenvalue weighted by atomic mass is 32.1. The van der Waals surface area contributed by atoms with E-state index in [4.69, 9.17) is 18.0 Å². The van der Waals surface area contributed by atoms with Crippen LogP contribution >= 0.6 is 12.2 Å². The van der Waals surface area contributed by atoms with Crippen molar-refractivity contribution >= 4 is 17.2 Å². The van der Waals surface area contributed by atoms with Crippen LogP contribution in [0.15, 0.2) is 24.3 Å². The van der Waals surface area contributed by atoms with Crippen LogP contribution in [0.25, 0.3) is 0 Å². The summed E-state index contributed by atoms with van der Waals surface area (Å²) < 4.78 is 0. The Morgan fingerprint density at radius 2 is 2.32 bits per heavy atom. The molecule has 0 saturated carbocycles. The molecule has 0 aromatic heterocycles. The van der Waals surface area contributed by atoms with E-state index in [1.165, 1.54) is 19.3 Å². The molecule has 0 bridgehead atoms. The molecule has 1 aliphatic rings. The van der Waals surface area contributed by atoms with E-state index in [1.807, 2.05) is 12.1 Å². The number of phenols is 1. The number of hydrogen-bond acceptors (Lipinski definition) is 3. The van der Waals surface area contributed by atoms with E-state index in [1.54, 1.807) is 12.1 Å². The number of likely N-dealkylation sites (tertiary alicyclic amines) is 1. The van der Waals surface area contributed by atoms with Crippen LogP contribution < -0.4 is 5.73 Å². The van der Waals surface area contributed by atoms with Gasteiger partial charge in [0.1, 0.15) is 5.75 Å². The van der Waals surface area contributed by atoms with Gasteiger partial charge in [0.25, 0.3) is 0 Å². The Hall–Kier alpha value is -1.13. The fourth-order valence-electron chi connectivity index (χ4n) is 3.02. The van der Waals surface area contributed by atoms with Crippen molar-refractivity contribution < 1.29 is 5.11 Å². The van der Waals surface area contributed by atoms with Crippen LogP contribution in [0.5, 0.6) is 5.75 Å². The Morgan fingerprint density at radius 3 is 2.95 bits per heavy atom. The molecular weight excluding hydrogens is 256 g/mol. The fourth-order valence-corrected chi connectivity index (χ4v) is 3.29. The summed E-state index contributed by atoms with van der Waals surface area (Å²) in [5.74, 6) is 0.267. The zero-order valence-corrected chi connectivity index (χ0v) is 12.2. The first-order chi connectivity index (χ1) is 9.13. The number of benzene rings is 1. The number of thiocarbonyl (C=S) groups is 1. The van der Waals surface area contributed by atoms with Gasteiger partial charge in [-0.3, -0.25) is 4.90 Å². The number of nitrogens with zero attached hydrogens (tertiary/aromatic N) is 1. The third-order valence-electron chi connectivity index (χ3n) is 3.93. The van der Waals surface area contributed by atoms with E-state index < -0.39 is 0 Å². The topological polar surface area (TPSA) is 49.5 Å². The van der Waals surface area contributed by atoms with Crippen molar-refractivity contribution in [2.45, 2.75) is 44.7 Å². The average molecular weight is 278 g/mol. The molecule has 2 unspecified atom stereocenters. The quantitative estimate of drug-likeness (QED) is 0.831. The summed E-state index contributed by atoms with van der Waals surface area (Å²) in [6, 6.07) is 7.75. The van der Waals surface area contributed by atoms with Gasteiger partial charge in [0.05, 0.1) is 11.0 Å². The molecule has 0 aliphatic carbocycles. The molecule has 19 heavy (non-hydrogen) atoms. The van der Waals surface area contributed by atoms with E-state index >= 15 is 0 Å². The lowest BCUT2D eigenvalue weighted by Crippen LogP contribution is -2.45. The van der Waals surface area contributed by atoms with Gasteiger partial charge in [-0.2, -0.15) is 0 Å². The van der Waals surface area contributed by atoms with Crippen molar-refractivity contribution in [2.75, 3.05) is 6.54 Å². The molecule has 104 valence electrons. The maximum absolute atomic E-state index is 9.66. The lowest BCUT2D eigenvalue weighted by molar-refractivity contribution is 0.122. The first kappa shape index (κ1) is 14.3. The second-order valence-corrected chi connectivity index (χ2v) is 5.67. The smallest absolute Gasteiger partial charge is 0.115 e. The lowest BCUT2D eigenvalue weighted by atomic mass is 9.94. The molecule has 1 aromatic rings. The van der Waals surface area contributed by atoms with Gasteiger partial charge in [-0.1, -0.05) is 37.7 Å². The summed E-state index contributed by atoms with van der Waals surface area (Å²) in [6.07, 6.45) is 4.78. The third-order valence-corrected chi connectivity index (χ3v) is 4.15. The van der Waals surface area contributed by atoms with E-state index in [-0.39, 0.29) is 11.8 Å². The molecule has 2 rings (SSSR count). The zero-order chi connectivity index (χ0) is 13.8. The molecule has 2 atom stereocenters. The number of aromatic hydroxyl groups is 1. The highest BCUT2D eigenvalue weighted by Gasteiger charge is 2.30. The SMILES string of the molecule is CCC1CCCCN1C(C(N)=S)c1cccc(O)c1. The molecule has 3 N–H and O–H groups in total. The Bertz CT molecular complexity index is 450. The van der Waals surface area contributed by atoms with E-state index in [2.05, 4.69) is 11.8 Å². The van der Waals surface area contributed by atoms with Gasteiger partial charge in [-0.25, -0.2) is 0 Å². The van der Waals surface area contributed by atoms with Gasteiger partial charge in [-0.05, 0) is 43.5 Å². The van der Waals surface area contributed by atoms with E-state index in [0.29, 0.717) is 11.0 Å². The van der Waals surface area contributed by atoms with Crippen LogP contribution in [-0.2, 0) is 0 Å². The second-order valence-electron chi connectivity index (χ2n) is 5.20. The lowest BCUT2D eigenvalue weighted by Gasteiger charge is -2.40.